The molecule has 1 amide bonds. The van der Waals surface area contributed by atoms with Crippen LogP contribution < -0.4 is 14.8 Å². The van der Waals surface area contributed by atoms with Gasteiger partial charge in [-0.15, -0.1) is 10.2 Å². The molecule has 0 aliphatic carbocycles. The maximum atomic E-state index is 12.8. The maximum absolute atomic E-state index is 12.8. The van der Waals surface area contributed by atoms with Gasteiger partial charge in [-0.2, -0.15) is 4.80 Å². The molecule has 0 saturated heterocycles. The van der Waals surface area contributed by atoms with Crippen LogP contribution in [0.4, 0.5) is 5.69 Å². The van der Waals surface area contributed by atoms with E-state index in [1.165, 1.54) is 7.11 Å². The number of anilines is 1. The molecule has 0 unspecified atom stereocenters. The lowest BCUT2D eigenvalue weighted by Crippen LogP contribution is -2.13. The molecule has 3 aromatic carbocycles. The molecule has 8 heteroatoms. The third kappa shape index (κ3) is 3.79. The largest absolute Gasteiger partial charge is 0.493 e. The molecule has 0 fully saturated rings. The number of benzene rings is 3. The Morgan fingerprint density at radius 1 is 0.933 bits per heavy atom. The first-order chi connectivity index (χ1) is 14.5. The summed E-state index contributed by atoms with van der Waals surface area (Å²) >= 11 is 5.95. The number of fused-ring (bicyclic) bond motifs is 1. The molecule has 0 saturated carbocycles. The van der Waals surface area contributed by atoms with E-state index in [4.69, 9.17) is 21.1 Å². The fourth-order valence-electron chi connectivity index (χ4n) is 3.06. The zero-order valence-corrected chi connectivity index (χ0v) is 17.4. The van der Waals surface area contributed by atoms with E-state index >= 15 is 0 Å². The number of carbonyl (C=O) groups excluding carboxylic acids is 1. The van der Waals surface area contributed by atoms with Crippen LogP contribution in [0.1, 0.15) is 15.9 Å². The van der Waals surface area contributed by atoms with Gasteiger partial charge in [-0.05, 0) is 67.1 Å². The summed E-state index contributed by atoms with van der Waals surface area (Å²) in [6, 6.07) is 16.0. The molecule has 0 atom stereocenters. The number of nitrogens with zero attached hydrogens (tertiary/aromatic N) is 3. The van der Waals surface area contributed by atoms with Crippen molar-refractivity contribution in [1.29, 1.82) is 0 Å². The van der Waals surface area contributed by atoms with Gasteiger partial charge < -0.3 is 14.8 Å². The van der Waals surface area contributed by atoms with Crippen LogP contribution in [0.3, 0.4) is 0 Å². The van der Waals surface area contributed by atoms with Crippen molar-refractivity contribution in [2.75, 3.05) is 19.5 Å². The van der Waals surface area contributed by atoms with Gasteiger partial charge in [0, 0.05) is 16.3 Å². The Balaban J connectivity index is 1.63. The topological polar surface area (TPSA) is 78.3 Å². The Morgan fingerprint density at radius 2 is 1.60 bits per heavy atom. The Bertz CT molecular complexity index is 1240. The molecular formula is C22H19ClN4O3. The van der Waals surface area contributed by atoms with E-state index < -0.39 is 0 Å². The summed E-state index contributed by atoms with van der Waals surface area (Å²) in [6.45, 7) is 1.91. The number of aromatic nitrogens is 3. The number of carbonyl (C=O) groups is 1. The summed E-state index contributed by atoms with van der Waals surface area (Å²) in [5, 5.41) is 12.6. The number of aryl methyl sites for hydroxylation is 1. The second-order valence-electron chi connectivity index (χ2n) is 6.65. The number of nitrogens with one attached hydrogen (secondary N) is 1. The highest BCUT2D eigenvalue weighted by molar-refractivity contribution is 6.30. The third-order valence-corrected chi connectivity index (χ3v) is 4.93. The summed E-state index contributed by atoms with van der Waals surface area (Å²) in [7, 11) is 3.08. The average Bonchev–Trinajstić information content (AvgIpc) is 3.16. The number of methoxy groups -OCH3 is 2. The molecule has 0 spiro atoms. The molecule has 1 aromatic heterocycles. The maximum Gasteiger partial charge on any atom is 0.255 e. The smallest absolute Gasteiger partial charge is 0.255 e. The predicted octanol–water partition coefficient (Wildman–Crippen LogP) is 4.65. The van der Waals surface area contributed by atoms with Crippen molar-refractivity contribution < 1.29 is 14.3 Å². The lowest BCUT2D eigenvalue weighted by Gasteiger charge is -2.11. The summed E-state index contributed by atoms with van der Waals surface area (Å²) < 4.78 is 10.5. The van der Waals surface area contributed by atoms with Gasteiger partial charge in [0.25, 0.3) is 5.91 Å². The first-order valence-electron chi connectivity index (χ1n) is 9.15. The van der Waals surface area contributed by atoms with Crippen molar-refractivity contribution in [3.63, 3.8) is 0 Å². The molecule has 30 heavy (non-hydrogen) atoms. The Morgan fingerprint density at radius 3 is 2.27 bits per heavy atom. The molecule has 1 heterocycles. The van der Waals surface area contributed by atoms with E-state index in [0.717, 1.165) is 16.8 Å². The van der Waals surface area contributed by atoms with Crippen LogP contribution in [0, 0.1) is 6.92 Å². The Labute approximate surface area is 178 Å². The zero-order chi connectivity index (χ0) is 21.3. The van der Waals surface area contributed by atoms with E-state index in [-0.39, 0.29) is 5.91 Å². The molecule has 152 valence electrons. The van der Waals surface area contributed by atoms with E-state index in [1.54, 1.807) is 42.2 Å². The molecule has 4 rings (SSSR count). The summed E-state index contributed by atoms with van der Waals surface area (Å²) in [5.41, 5.74) is 4.18. The third-order valence-electron chi connectivity index (χ3n) is 4.68. The number of halogens is 1. The standard InChI is InChI=1S/C22H19ClN4O3/c1-13-10-18-19(26-27(25-18)16-7-5-15(23)6-8-16)12-17(13)24-22(28)14-4-9-20(29-2)21(11-14)30-3/h4-12H,1-3H3,(H,24,28). The number of rotatable bonds is 5. The fraction of sp³-hybridized carbons (Fsp3) is 0.136. The minimum Gasteiger partial charge on any atom is -0.493 e. The summed E-state index contributed by atoms with van der Waals surface area (Å²) in [4.78, 5) is 14.3. The van der Waals surface area contributed by atoms with Crippen LogP contribution in [0.5, 0.6) is 11.5 Å². The lowest BCUT2D eigenvalue weighted by molar-refractivity contribution is 0.102. The second kappa shape index (κ2) is 8.04. The van der Waals surface area contributed by atoms with Crippen molar-refractivity contribution in [2.45, 2.75) is 6.92 Å². The quantitative estimate of drug-likeness (QED) is 0.506. The Kier molecular flexibility index (Phi) is 5.29. The van der Waals surface area contributed by atoms with Gasteiger partial charge in [0.15, 0.2) is 11.5 Å². The van der Waals surface area contributed by atoms with Gasteiger partial charge in [0.05, 0.1) is 19.9 Å². The minimum absolute atomic E-state index is 0.261. The highest BCUT2D eigenvalue weighted by Crippen LogP contribution is 2.28. The van der Waals surface area contributed by atoms with Gasteiger partial charge in [-0.1, -0.05) is 11.6 Å². The second-order valence-corrected chi connectivity index (χ2v) is 7.08. The van der Waals surface area contributed by atoms with Crippen molar-refractivity contribution in [2.24, 2.45) is 0 Å². The van der Waals surface area contributed by atoms with Crippen LogP contribution in [0.2, 0.25) is 5.02 Å². The first kappa shape index (κ1) is 19.7. The number of ether oxygens (including phenoxy) is 2. The van der Waals surface area contributed by atoms with Crippen LogP contribution in [-0.2, 0) is 0 Å². The summed E-state index contributed by atoms with van der Waals surface area (Å²) in [6.07, 6.45) is 0. The molecule has 1 N–H and O–H groups in total. The van der Waals surface area contributed by atoms with Gasteiger partial charge in [0.2, 0.25) is 0 Å². The van der Waals surface area contributed by atoms with Gasteiger partial charge in [-0.25, -0.2) is 0 Å². The predicted molar refractivity (Wildman–Crippen MR) is 116 cm³/mol. The number of hydrogen-bond donors (Lipinski definition) is 1. The highest BCUT2D eigenvalue weighted by atomic mass is 35.5. The molecular weight excluding hydrogens is 404 g/mol. The molecule has 7 nitrogen and oxygen atoms in total. The molecule has 0 aliphatic heterocycles. The van der Waals surface area contributed by atoms with Gasteiger partial charge in [-0.3, -0.25) is 4.79 Å². The van der Waals surface area contributed by atoms with Crippen LogP contribution in [0.15, 0.2) is 54.6 Å². The van der Waals surface area contributed by atoms with Crippen molar-refractivity contribution in [3.05, 3.63) is 70.7 Å². The normalized spacial score (nSPS) is 10.8. The number of amides is 1. The number of hydrogen-bond acceptors (Lipinski definition) is 5. The van der Waals surface area contributed by atoms with E-state index in [2.05, 4.69) is 15.5 Å². The van der Waals surface area contributed by atoms with Crippen molar-refractivity contribution in [3.8, 4) is 17.2 Å². The molecule has 0 bridgehead atoms. The first-order valence-corrected chi connectivity index (χ1v) is 9.53. The van der Waals surface area contributed by atoms with Crippen molar-refractivity contribution >= 4 is 34.2 Å². The van der Waals surface area contributed by atoms with E-state index in [9.17, 15) is 4.79 Å². The lowest BCUT2D eigenvalue weighted by atomic mass is 10.1. The van der Waals surface area contributed by atoms with Crippen LogP contribution in [0.25, 0.3) is 16.7 Å². The monoisotopic (exact) mass is 422 g/mol. The zero-order valence-electron chi connectivity index (χ0n) is 16.6. The SMILES string of the molecule is COc1ccc(C(=O)Nc2cc3nn(-c4ccc(Cl)cc4)nc3cc2C)cc1OC. The molecule has 4 aromatic rings. The average molecular weight is 423 g/mol. The Hall–Kier alpha value is -3.58. The molecule has 0 aliphatic rings. The van der Waals surface area contributed by atoms with E-state index in [0.29, 0.717) is 33.3 Å². The highest BCUT2D eigenvalue weighted by Gasteiger charge is 2.14. The fourth-order valence-corrected chi connectivity index (χ4v) is 3.19. The van der Waals surface area contributed by atoms with Gasteiger partial charge in [0.1, 0.15) is 11.0 Å². The van der Waals surface area contributed by atoms with Crippen molar-refractivity contribution in [1.82, 2.24) is 15.0 Å². The van der Waals surface area contributed by atoms with E-state index in [1.807, 2.05) is 31.2 Å². The van der Waals surface area contributed by atoms with Crippen LogP contribution in [-0.4, -0.2) is 35.1 Å². The minimum atomic E-state index is -0.261. The van der Waals surface area contributed by atoms with Crippen LogP contribution >= 0.6 is 11.6 Å². The summed E-state index contributed by atoms with van der Waals surface area (Å²) in [5.74, 6) is 0.789. The van der Waals surface area contributed by atoms with Gasteiger partial charge >= 0.3 is 0 Å². The molecule has 0 radical (unpaired) electrons.